The van der Waals surface area contributed by atoms with Gasteiger partial charge in [-0.15, -0.1) is 0 Å². The molecule has 3 nitrogen and oxygen atoms in total. The van der Waals surface area contributed by atoms with E-state index in [0.717, 1.165) is 22.3 Å². The molecule has 0 saturated carbocycles. The number of hydrogen-bond acceptors (Lipinski definition) is 2. The summed E-state index contributed by atoms with van der Waals surface area (Å²) in [6, 6.07) is 0. The van der Waals surface area contributed by atoms with E-state index in [4.69, 9.17) is 0 Å². The number of halogens is 1. The Morgan fingerprint density at radius 2 is 2.14 bits per heavy atom. The fourth-order valence-electron chi connectivity index (χ4n) is 1.32. The van der Waals surface area contributed by atoms with Gasteiger partial charge in [0.15, 0.2) is 0 Å². The summed E-state index contributed by atoms with van der Waals surface area (Å²) in [7, 11) is 1.88. The van der Waals surface area contributed by atoms with E-state index in [1.54, 1.807) is 4.68 Å². The van der Waals surface area contributed by atoms with Gasteiger partial charge in [-0.1, -0.05) is 13.8 Å². The Kier molecular flexibility index (Phi) is 3.86. The van der Waals surface area contributed by atoms with Crippen LogP contribution >= 0.6 is 15.9 Å². The van der Waals surface area contributed by atoms with Crippen molar-refractivity contribution in [2.45, 2.75) is 33.1 Å². The summed E-state index contributed by atoms with van der Waals surface area (Å²) in [5, 5.41) is 4.33. The molecule has 0 unspecified atom stereocenters. The Labute approximate surface area is 92.6 Å². The van der Waals surface area contributed by atoms with Gasteiger partial charge in [-0.05, 0) is 22.4 Å². The number of carbonyl (C=O) groups excluding carboxylic acids is 1. The minimum atomic E-state index is 0.247. The number of ketones is 1. The number of nitrogens with zero attached hydrogens (tertiary/aromatic N) is 2. The molecule has 0 aromatic carbocycles. The lowest BCUT2D eigenvalue weighted by Gasteiger charge is -2.00. The second kappa shape index (κ2) is 4.73. The topological polar surface area (TPSA) is 34.9 Å². The zero-order valence-corrected chi connectivity index (χ0v) is 10.4. The van der Waals surface area contributed by atoms with E-state index in [9.17, 15) is 4.79 Å². The monoisotopic (exact) mass is 258 g/mol. The fraction of sp³-hybridized carbons (Fsp3) is 0.600. The van der Waals surface area contributed by atoms with Crippen LogP contribution in [0.5, 0.6) is 0 Å². The normalized spacial score (nSPS) is 10.6. The van der Waals surface area contributed by atoms with Gasteiger partial charge >= 0.3 is 0 Å². The average molecular weight is 259 g/mol. The van der Waals surface area contributed by atoms with Crippen molar-refractivity contribution in [2.24, 2.45) is 7.05 Å². The van der Waals surface area contributed by atoms with Gasteiger partial charge in [0, 0.05) is 19.9 Å². The minimum Gasteiger partial charge on any atom is -0.299 e. The highest BCUT2D eigenvalue weighted by atomic mass is 79.9. The Bertz CT molecular complexity index is 344. The minimum absolute atomic E-state index is 0.247. The number of hydrogen-bond donors (Lipinski definition) is 0. The van der Waals surface area contributed by atoms with E-state index < -0.39 is 0 Å². The lowest BCUT2D eigenvalue weighted by Crippen LogP contribution is -2.06. The van der Waals surface area contributed by atoms with Crippen LogP contribution in [-0.2, 0) is 24.7 Å². The Morgan fingerprint density at radius 1 is 1.50 bits per heavy atom. The molecule has 78 valence electrons. The van der Waals surface area contributed by atoms with Crippen LogP contribution in [0.2, 0.25) is 0 Å². The van der Waals surface area contributed by atoms with Gasteiger partial charge in [0.1, 0.15) is 5.78 Å². The highest BCUT2D eigenvalue weighted by molar-refractivity contribution is 9.10. The summed E-state index contributed by atoms with van der Waals surface area (Å²) in [5.74, 6) is 0.247. The summed E-state index contributed by atoms with van der Waals surface area (Å²) >= 11 is 3.48. The average Bonchev–Trinajstić information content (AvgIpc) is 2.44. The zero-order valence-electron chi connectivity index (χ0n) is 8.80. The maximum Gasteiger partial charge on any atom is 0.138 e. The largest absolute Gasteiger partial charge is 0.299 e. The molecule has 1 rings (SSSR count). The second-order valence-corrected chi connectivity index (χ2v) is 4.05. The predicted molar refractivity (Wildman–Crippen MR) is 59.3 cm³/mol. The molecule has 14 heavy (non-hydrogen) atoms. The van der Waals surface area contributed by atoms with E-state index in [2.05, 4.69) is 28.0 Å². The van der Waals surface area contributed by atoms with Crippen molar-refractivity contribution >= 4 is 21.7 Å². The summed E-state index contributed by atoms with van der Waals surface area (Å²) in [4.78, 5) is 11.3. The molecule has 0 amide bonds. The summed E-state index contributed by atoms with van der Waals surface area (Å²) in [5.41, 5.74) is 2.00. The molecule has 0 aliphatic heterocycles. The van der Waals surface area contributed by atoms with Gasteiger partial charge in [0.2, 0.25) is 0 Å². The van der Waals surface area contributed by atoms with Crippen molar-refractivity contribution in [1.82, 2.24) is 9.78 Å². The van der Waals surface area contributed by atoms with Crippen LogP contribution in [0.3, 0.4) is 0 Å². The van der Waals surface area contributed by atoms with E-state index in [1.807, 2.05) is 14.0 Å². The van der Waals surface area contributed by atoms with E-state index >= 15 is 0 Å². The number of aryl methyl sites for hydroxylation is 2. The Hall–Kier alpha value is -0.640. The highest BCUT2D eigenvalue weighted by Gasteiger charge is 2.14. The van der Waals surface area contributed by atoms with Crippen molar-refractivity contribution in [3.8, 4) is 0 Å². The molecule has 0 fully saturated rings. The molecule has 0 aliphatic carbocycles. The summed E-state index contributed by atoms with van der Waals surface area (Å²) < 4.78 is 2.78. The number of carbonyl (C=O) groups is 1. The molecule has 4 heteroatoms. The van der Waals surface area contributed by atoms with Gasteiger partial charge in [-0.25, -0.2) is 0 Å². The quantitative estimate of drug-likeness (QED) is 0.831. The number of rotatable bonds is 4. The van der Waals surface area contributed by atoms with Crippen molar-refractivity contribution in [3.05, 3.63) is 15.9 Å². The van der Waals surface area contributed by atoms with Crippen molar-refractivity contribution in [3.63, 3.8) is 0 Å². The third-order valence-corrected chi connectivity index (χ3v) is 3.18. The van der Waals surface area contributed by atoms with Crippen molar-refractivity contribution in [2.75, 3.05) is 0 Å². The third kappa shape index (κ3) is 2.23. The van der Waals surface area contributed by atoms with E-state index in [-0.39, 0.29) is 5.78 Å². The number of Topliss-reactive ketones (excluding diaryl/α,β-unsaturated/α-hetero) is 1. The molecule has 0 N–H and O–H groups in total. The van der Waals surface area contributed by atoms with Gasteiger partial charge in [0.05, 0.1) is 15.9 Å². The third-order valence-electron chi connectivity index (χ3n) is 2.26. The van der Waals surface area contributed by atoms with Crippen LogP contribution < -0.4 is 0 Å². The lowest BCUT2D eigenvalue weighted by molar-refractivity contribution is -0.118. The van der Waals surface area contributed by atoms with Gasteiger partial charge in [-0.3, -0.25) is 9.48 Å². The molecule has 0 aliphatic rings. The molecular weight excluding hydrogens is 244 g/mol. The van der Waals surface area contributed by atoms with Gasteiger partial charge in [-0.2, -0.15) is 5.10 Å². The molecule has 0 saturated heterocycles. The first-order valence-corrected chi connectivity index (χ1v) is 5.61. The zero-order chi connectivity index (χ0) is 10.7. The highest BCUT2D eigenvalue weighted by Crippen LogP contribution is 2.22. The van der Waals surface area contributed by atoms with Crippen molar-refractivity contribution in [1.29, 1.82) is 0 Å². The van der Waals surface area contributed by atoms with E-state index in [0.29, 0.717) is 12.8 Å². The molecule has 1 aromatic rings. The van der Waals surface area contributed by atoms with Crippen molar-refractivity contribution < 1.29 is 4.79 Å². The maximum absolute atomic E-state index is 11.3. The first-order valence-electron chi connectivity index (χ1n) is 4.82. The summed E-state index contributed by atoms with van der Waals surface area (Å²) in [6.07, 6.45) is 1.94. The van der Waals surface area contributed by atoms with Crippen LogP contribution in [-0.4, -0.2) is 15.6 Å². The fourth-order valence-corrected chi connectivity index (χ4v) is 2.08. The standard InChI is InChI=1S/C10H15BrN2O/c1-4-7(14)6-9-10(11)8(5-2)12-13(9)3/h4-6H2,1-3H3. The molecule has 1 aromatic heterocycles. The first kappa shape index (κ1) is 11.4. The second-order valence-electron chi connectivity index (χ2n) is 3.25. The van der Waals surface area contributed by atoms with Gasteiger partial charge < -0.3 is 0 Å². The molecule has 0 bridgehead atoms. The Morgan fingerprint density at radius 3 is 2.57 bits per heavy atom. The summed E-state index contributed by atoms with van der Waals surface area (Å²) in [6.45, 7) is 3.94. The smallest absolute Gasteiger partial charge is 0.138 e. The lowest BCUT2D eigenvalue weighted by atomic mass is 10.1. The molecule has 0 atom stereocenters. The van der Waals surface area contributed by atoms with Crippen LogP contribution in [0.1, 0.15) is 31.7 Å². The van der Waals surface area contributed by atoms with E-state index in [1.165, 1.54) is 0 Å². The molecule has 0 spiro atoms. The SMILES string of the molecule is CCC(=O)Cc1c(Br)c(CC)nn1C. The first-order chi connectivity index (χ1) is 6.60. The van der Waals surface area contributed by atoms with Crippen LogP contribution in [0.15, 0.2) is 4.47 Å². The maximum atomic E-state index is 11.3. The number of aromatic nitrogens is 2. The predicted octanol–water partition coefficient (Wildman–Crippen LogP) is 2.27. The molecule has 1 heterocycles. The van der Waals surface area contributed by atoms with Crippen LogP contribution in [0.4, 0.5) is 0 Å². The van der Waals surface area contributed by atoms with Crippen LogP contribution in [0, 0.1) is 0 Å². The molecule has 0 radical (unpaired) electrons. The Balaban J connectivity index is 2.96. The van der Waals surface area contributed by atoms with Crippen LogP contribution in [0.25, 0.3) is 0 Å². The van der Waals surface area contributed by atoms with Gasteiger partial charge in [0.25, 0.3) is 0 Å². The molecular formula is C10H15BrN2O.